The normalized spacial score (nSPS) is 18.0. The van der Waals surface area contributed by atoms with Crippen molar-refractivity contribution in [2.45, 2.75) is 38.3 Å². The van der Waals surface area contributed by atoms with Crippen molar-refractivity contribution in [2.75, 3.05) is 0 Å². The van der Waals surface area contributed by atoms with Crippen molar-refractivity contribution in [3.8, 4) is 5.75 Å². The van der Waals surface area contributed by atoms with Crippen LogP contribution in [0.15, 0.2) is 12.1 Å². The molecular weight excluding hydrogens is 325 g/mol. The van der Waals surface area contributed by atoms with Gasteiger partial charge in [0, 0.05) is 6.92 Å². The highest BCUT2D eigenvalue weighted by molar-refractivity contribution is 7.88. The van der Waals surface area contributed by atoms with Crippen molar-refractivity contribution in [1.82, 2.24) is 0 Å². The van der Waals surface area contributed by atoms with E-state index in [4.69, 9.17) is 4.74 Å². The van der Waals surface area contributed by atoms with Gasteiger partial charge in [-0.1, -0.05) is 6.07 Å². The van der Waals surface area contributed by atoms with Crippen LogP contribution >= 0.6 is 0 Å². The second-order valence-corrected chi connectivity index (χ2v) is 6.41. The van der Waals surface area contributed by atoms with Crippen LogP contribution in [0.3, 0.4) is 0 Å². The van der Waals surface area contributed by atoms with E-state index >= 15 is 0 Å². The number of rotatable bonds is 3. The predicted molar refractivity (Wildman–Crippen MR) is 69.6 cm³/mol. The van der Waals surface area contributed by atoms with Crippen LogP contribution in [-0.4, -0.2) is 19.9 Å². The van der Waals surface area contributed by atoms with E-state index in [-0.39, 0.29) is 5.75 Å². The van der Waals surface area contributed by atoms with Gasteiger partial charge < -0.3 is 8.92 Å². The lowest BCUT2D eigenvalue weighted by molar-refractivity contribution is -0.146. The number of benzene rings is 1. The second kappa shape index (κ2) is 5.45. The van der Waals surface area contributed by atoms with Crippen LogP contribution in [0.25, 0.3) is 0 Å². The van der Waals surface area contributed by atoms with Crippen molar-refractivity contribution >= 4 is 16.1 Å². The minimum Gasteiger partial charge on any atom is -0.458 e. The largest absolute Gasteiger partial charge is 0.534 e. The summed E-state index contributed by atoms with van der Waals surface area (Å²) in [6.45, 7) is 2.73. The molecule has 0 aromatic heterocycles. The topological polar surface area (TPSA) is 69.7 Å². The van der Waals surface area contributed by atoms with Gasteiger partial charge in [0.15, 0.2) is 0 Å². The van der Waals surface area contributed by atoms with Crippen LogP contribution in [-0.2, 0) is 26.1 Å². The van der Waals surface area contributed by atoms with Gasteiger partial charge in [-0.25, -0.2) is 0 Å². The Morgan fingerprint density at radius 2 is 1.95 bits per heavy atom. The summed E-state index contributed by atoms with van der Waals surface area (Å²) in [5.41, 5.74) is -3.90. The van der Waals surface area contributed by atoms with E-state index < -0.39 is 27.7 Å². The molecule has 0 heterocycles. The first-order chi connectivity index (χ1) is 10.0. The van der Waals surface area contributed by atoms with Gasteiger partial charge >= 0.3 is 21.6 Å². The van der Waals surface area contributed by atoms with E-state index in [0.717, 1.165) is 6.07 Å². The van der Waals surface area contributed by atoms with Crippen LogP contribution in [0.2, 0.25) is 0 Å². The Labute approximate surface area is 125 Å². The van der Waals surface area contributed by atoms with E-state index in [0.29, 0.717) is 29.5 Å². The molecule has 1 aliphatic rings. The molecule has 0 fully saturated rings. The summed E-state index contributed by atoms with van der Waals surface area (Å²) >= 11 is 0. The fourth-order valence-electron chi connectivity index (χ4n) is 2.40. The van der Waals surface area contributed by atoms with E-state index in [1.165, 1.54) is 19.9 Å². The fraction of sp³-hybridized carbons (Fsp3) is 0.462. The molecule has 0 bridgehead atoms. The minimum absolute atomic E-state index is 0.292. The molecule has 122 valence electrons. The minimum atomic E-state index is -5.71. The number of carbonyl (C=O) groups is 1. The van der Waals surface area contributed by atoms with Gasteiger partial charge in [-0.15, -0.1) is 0 Å². The molecule has 0 unspecified atom stereocenters. The third kappa shape index (κ3) is 3.03. The Hall–Kier alpha value is -1.77. The van der Waals surface area contributed by atoms with Gasteiger partial charge in [0.05, 0.1) is 0 Å². The Morgan fingerprint density at radius 1 is 1.32 bits per heavy atom. The first-order valence-electron chi connectivity index (χ1n) is 6.33. The molecule has 22 heavy (non-hydrogen) atoms. The Kier molecular flexibility index (Phi) is 4.12. The van der Waals surface area contributed by atoms with Crippen LogP contribution in [0.4, 0.5) is 13.2 Å². The number of alkyl halides is 3. The zero-order valence-corrected chi connectivity index (χ0v) is 12.5. The Bertz CT molecular complexity index is 709. The fourth-order valence-corrected chi connectivity index (χ4v) is 2.91. The molecular formula is C13H13F3O5S. The van der Waals surface area contributed by atoms with E-state index in [1.54, 1.807) is 0 Å². The number of hydrogen-bond donors (Lipinski definition) is 0. The molecule has 0 saturated heterocycles. The van der Waals surface area contributed by atoms with Crippen molar-refractivity contribution in [3.63, 3.8) is 0 Å². The van der Waals surface area contributed by atoms with Crippen molar-refractivity contribution < 1.29 is 35.3 Å². The number of hydrogen-bond acceptors (Lipinski definition) is 5. The highest BCUT2D eigenvalue weighted by Crippen LogP contribution is 2.40. The predicted octanol–water partition coefficient (Wildman–Crippen LogP) is 2.77. The van der Waals surface area contributed by atoms with Crippen LogP contribution < -0.4 is 4.18 Å². The lowest BCUT2D eigenvalue weighted by Gasteiger charge is -2.15. The molecule has 0 aliphatic heterocycles. The van der Waals surface area contributed by atoms with Gasteiger partial charge in [0.1, 0.15) is 11.9 Å². The lowest BCUT2D eigenvalue weighted by atomic mass is 10.0. The van der Waals surface area contributed by atoms with E-state index in [1.807, 2.05) is 0 Å². The highest BCUT2D eigenvalue weighted by atomic mass is 32.2. The third-order valence-corrected chi connectivity index (χ3v) is 4.35. The summed E-state index contributed by atoms with van der Waals surface area (Å²) in [7, 11) is -5.71. The van der Waals surface area contributed by atoms with Crippen LogP contribution in [0.5, 0.6) is 5.75 Å². The van der Waals surface area contributed by atoms with Gasteiger partial charge in [0.2, 0.25) is 0 Å². The summed E-state index contributed by atoms with van der Waals surface area (Å²) in [6.07, 6.45) is 0.479. The SMILES string of the molecule is CC(=O)O[C@@H]1CCc2c1ccc(OS(=O)(=O)C(F)(F)F)c2C. The Morgan fingerprint density at radius 3 is 2.50 bits per heavy atom. The number of esters is 1. The molecule has 5 nitrogen and oxygen atoms in total. The molecule has 9 heteroatoms. The molecule has 0 radical (unpaired) electrons. The van der Waals surface area contributed by atoms with E-state index in [2.05, 4.69) is 4.18 Å². The average molecular weight is 338 g/mol. The molecule has 0 saturated carbocycles. The number of carbonyl (C=O) groups excluding carboxylic acids is 1. The molecule has 1 aliphatic carbocycles. The van der Waals surface area contributed by atoms with Gasteiger partial charge in [0.25, 0.3) is 0 Å². The van der Waals surface area contributed by atoms with Gasteiger partial charge in [-0.2, -0.15) is 21.6 Å². The standard InChI is InChI=1S/C13H13F3O5S/c1-7-9-3-6-12(20-8(2)17)10(9)4-5-11(7)21-22(18,19)13(14,15)16/h4-5,12H,3,6H2,1-2H3/t12-/m1/s1. The van der Waals surface area contributed by atoms with Gasteiger partial charge in [-0.3, -0.25) is 4.79 Å². The first kappa shape index (κ1) is 16.6. The first-order valence-corrected chi connectivity index (χ1v) is 7.74. The monoisotopic (exact) mass is 338 g/mol. The zero-order valence-electron chi connectivity index (χ0n) is 11.7. The summed E-state index contributed by atoms with van der Waals surface area (Å²) < 4.78 is 68.5. The number of ether oxygens (including phenoxy) is 1. The Balaban J connectivity index is 2.34. The molecule has 1 atom stereocenters. The summed E-state index contributed by atoms with van der Waals surface area (Å²) in [5, 5.41) is 0. The summed E-state index contributed by atoms with van der Waals surface area (Å²) in [6, 6.07) is 2.56. The van der Waals surface area contributed by atoms with Crippen LogP contribution in [0, 0.1) is 6.92 Å². The number of fused-ring (bicyclic) bond motifs is 1. The maximum Gasteiger partial charge on any atom is 0.534 e. The smallest absolute Gasteiger partial charge is 0.458 e. The van der Waals surface area contributed by atoms with E-state index in [9.17, 15) is 26.4 Å². The number of halogens is 3. The van der Waals surface area contributed by atoms with Crippen molar-refractivity contribution in [2.24, 2.45) is 0 Å². The van der Waals surface area contributed by atoms with Crippen molar-refractivity contribution in [1.29, 1.82) is 0 Å². The molecule has 1 aromatic carbocycles. The molecule has 2 rings (SSSR count). The second-order valence-electron chi connectivity index (χ2n) is 4.88. The lowest BCUT2D eigenvalue weighted by Crippen LogP contribution is -2.28. The molecule has 0 N–H and O–H groups in total. The maximum absolute atomic E-state index is 12.4. The molecule has 0 amide bonds. The molecule has 0 spiro atoms. The molecule has 1 aromatic rings. The highest BCUT2D eigenvalue weighted by Gasteiger charge is 2.48. The van der Waals surface area contributed by atoms with Crippen molar-refractivity contribution in [3.05, 3.63) is 28.8 Å². The average Bonchev–Trinajstić information content (AvgIpc) is 2.74. The summed E-state index contributed by atoms with van der Waals surface area (Å²) in [4.78, 5) is 11.0. The summed E-state index contributed by atoms with van der Waals surface area (Å²) in [5.74, 6) is -0.838. The van der Waals surface area contributed by atoms with Gasteiger partial charge in [-0.05, 0) is 42.5 Å². The quantitative estimate of drug-likeness (QED) is 0.481. The third-order valence-electron chi connectivity index (χ3n) is 3.38. The van der Waals surface area contributed by atoms with Crippen LogP contribution in [0.1, 0.15) is 36.1 Å². The maximum atomic E-state index is 12.4. The zero-order chi connectivity index (χ0) is 16.7.